The van der Waals surface area contributed by atoms with Crippen LogP contribution in [0.3, 0.4) is 0 Å². The topological polar surface area (TPSA) is 47.3 Å². The van der Waals surface area contributed by atoms with E-state index in [4.69, 9.17) is 4.74 Å². The summed E-state index contributed by atoms with van der Waals surface area (Å²) in [6, 6.07) is 9.52. The van der Waals surface area contributed by atoms with Gasteiger partial charge in [-0.1, -0.05) is 18.2 Å². The van der Waals surface area contributed by atoms with E-state index in [0.29, 0.717) is 13.0 Å². The molecule has 1 heterocycles. The molecule has 18 heavy (non-hydrogen) atoms. The van der Waals surface area contributed by atoms with Crippen molar-refractivity contribution >= 4 is 0 Å². The number of nitrogens with zero attached hydrogens (tertiary/aromatic N) is 2. The maximum atomic E-state index is 9.84. The Hall–Kier alpha value is -1.81. The fraction of sp³-hybridized carbons (Fsp3) is 0.357. The number of aliphatic hydroxyl groups excluding tert-OH is 1. The van der Waals surface area contributed by atoms with E-state index < -0.39 is 6.10 Å². The molecule has 0 spiro atoms. The van der Waals surface area contributed by atoms with E-state index >= 15 is 0 Å². The molecule has 0 radical (unpaired) electrons. The molecule has 96 valence electrons. The Morgan fingerprint density at radius 3 is 2.78 bits per heavy atom. The maximum absolute atomic E-state index is 9.84. The molecule has 0 fully saturated rings. The summed E-state index contributed by atoms with van der Waals surface area (Å²) in [6.07, 6.45) is 4.60. The van der Waals surface area contributed by atoms with Gasteiger partial charge >= 0.3 is 0 Å². The van der Waals surface area contributed by atoms with Crippen LogP contribution in [0.15, 0.2) is 42.7 Å². The molecule has 1 aromatic carbocycles. The molecular formula is C14H18N2O2. The predicted octanol–water partition coefficient (Wildman–Crippen LogP) is 1.79. The zero-order chi connectivity index (χ0) is 12.8. The molecule has 0 saturated carbocycles. The Morgan fingerprint density at radius 2 is 2.11 bits per heavy atom. The monoisotopic (exact) mass is 246 g/mol. The van der Waals surface area contributed by atoms with E-state index in [1.807, 2.05) is 48.1 Å². The quantitative estimate of drug-likeness (QED) is 0.845. The van der Waals surface area contributed by atoms with Crippen molar-refractivity contribution in [2.24, 2.45) is 7.05 Å². The molecule has 0 bridgehead atoms. The van der Waals surface area contributed by atoms with Crippen LogP contribution in [-0.4, -0.2) is 27.4 Å². The van der Waals surface area contributed by atoms with Crippen LogP contribution in [0.2, 0.25) is 0 Å². The summed E-state index contributed by atoms with van der Waals surface area (Å²) >= 11 is 0. The molecular weight excluding hydrogens is 228 g/mol. The minimum absolute atomic E-state index is 0.314. The van der Waals surface area contributed by atoms with Crippen molar-refractivity contribution in [2.45, 2.75) is 18.9 Å². The van der Waals surface area contributed by atoms with Crippen molar-refractivity contribution in [1.29, 1.82) is 0 Å². The Kier molecular flexibility index (Phi) is 4.36. The van der Waals surface area contributed by atoms with Gasteiger partial charge in [-0.15, -0.1) is 0 Å². The lowest BCUT2D eigenvalue weighted by Crippen LogP contribution is -2.19. The fourth-order valence-corrected chi connectivity index (χ4v) is 1.73. The summed E-state index contributed by atoms with van der Waals surface area (Å²) in [7, 11) is 1.95. The summed E-state index contributed by atoms with van der Waals surface area (Å²) in [5.41, 5.74) is 0. The first-order valence-corrected chi connectivity index (χ1v) is 6.08. The number of ether oxygens (including phenoxy) is 1. The van der Waals surface area contributed by atoms with Crippen molar-refractivity contribution in [1.82, 2.24) is 9.55 Å². The SMILES string of the molecule is Cn1ccnc1CCC(O)COc1ccccc1. The average Bonchev–Trinajstić information content (AvgIpc) is 2.81. The van der Waals surface area contributed by atoms with Gasteiger partial charge in [-0.3, -0.25) is 0 Å². The summed E-state index contributed by atoms with van der Waals surface area (Å²) < 4.78 is 7.45. The predicted molar refractivity (Wildman–Crippen MR) is 69.5 cm³/mol. The lowest BCUT2D eigenvalue weighted by atomic mass is 10.2. The molecule has 1 atom stereocenters. The first-order chi connectivity index (χ1) is 8.75. The van der Waals surface area contributed by atoms with Crippen LogP contribution in [0.1, 0.15) is 12.2 Å². The second kappa shape index (κ2) is 6.21. The van der Waals surface area contributed by atoms with Crippen LogP contribution in [0.4, 0.5) is 0 Å². The maximum Gasteiger partial charge on any atom is 0.119 e. The number of hydrogen-bond acceptors (Lipinski definition) is 3. The third-order valence-electron chi connectivity index (χ3n) is 2.81. The van der Waals surface area contributed by atoms with Gasteiger partial charge < -0.3 is 14.4 Å². The van der Waals surface area contributed by atoms with Crippen LogP contribution in [0.5, 0.6) is 5.75 Å². The summed E-state index contributed by atoms with van der Waals surface area (Å²) in [5, 5.41) is 9.84. The van der Waals surface area contributed by atoms with Gasteiger partial charge in [-0.05, 0) is 18.6 Å². The van der Waals surface area contributed by atoms with Crippen molar-refractivity contribution in [3.8, 4) is 5.75 Å². The smallest absolute Gasteiger partial charge is 0.119 e. The Morgan fingerprint density at radius 1 is 1.33 bits per heavy atom. The lowest BCUT2D eigenvalue weighted by molar-refractivity contribution is 0.0996. The Bertz CT molecular complexity index is 468. The van der Waals surface area contributed by atoms with Gasteiger partial charge in [-0.25, -0.2) is 4.98 Å². The van der Waals surface area contributed by atoms with Crippen molar-refractivity contribution in [3.63, 3.8) is 0 Å². The van der Waals surface area contributed by atoms with Crippen LogP contribution >= 0.6 is 0 Å². The van der Waals surface area contributed by atoms with E-state index in [1.54, 1.807) is 6.20 Å². The molecule has 0 aliphatic carbocycles. The average molecular weight is 246 g/mol. The van der Waals surface area contributed by atoms with Crippen molar-refractivity contribution < 1.29 is 9.84 Å². The highest BCUT2D eigenvalue weighted by atomic mass is 16.5. The highest BCUT2D eigenvalue weighted by Crippen LogP contribution is 2.10. The number of aliphatic hydroxyl groups is 1. The third kappa shape index (κ3) is 3.60. The zero-order valence-corrected chi connectivity index (χ0v) is 10.5. The normalized spacial score (nSPS) is 12.3. The molecule has 4 heteroatoms. The standard InChI is InChI=1S/C14H18N2O2/c1-16-10-9-15-14(16)8-7-12(17)11-18-13-5-3-2-4-6-13/h2-6,9-10,12,17H,7-8,11H2,1H3. The van der Waals surface area contributed by atoms with E-state index in [2.05, 4.69) is 4.98 Å². The van der Waals surface area contributed by atoms with Gasteiger partial charge in [0, 0.05) is 25.9 Å². The highest BCUT2D eigenvalue weighted by molar-refractivity contribution is 5.20. The van der Waals surface area contributed by atoms with Gasteiger partial charge in [0.15, 0.2) is 0 Å². The van der Waals surface area contributed by atoms with Gasteiger partial charge in [0.05, 0.1) is 6.10 Å². The number of para-hydroxylation sites is 1. The van der Waals surface area contributed by atoms with Crippen LogP contribution < -0.4 is 4.74 Å². The number of imidazole rings is 1. The number of rotatable bonds is 6. The summed E-state index contributed by atoms with van der Waals surface area (Å²) in [6.45, 7) is 0.314. The second-order valence-corrected chi connectivity index (χ2v) is 4.27. The van der Waals surface area contributed by atoms with Crippen LogP contribution in [0, 0.1) is 0 Å². The van der Waals surface area contributed by atoms with Crippen LogP contribution in [0.25, 0.3) is 0 Å². The molecule has 1 unspecified atom stereocenters. The summed E-state index contributed by atoms with van der Waals surface area (Å²) in [4.78, 5) is 4.22. The Labute approximate surface area is 107 Å². The summed E-state index contributed by atoms with van der Waals surface area (Å²) in [5.74, 6) is 1.77. The molecule has 0 aliphatic heterocycles. The van der Waals surface area contributed by atoms with Crippen LogP contribution in [-0.2, 0) is 13.5 Å². The molecule has 2 aromatic rings. The molecule has 0 saturated heterocycles. The van der Waals surface area contributed by atoms with Gasteiger partial charge in [0.25, 0.3) is 0 Å². The van der Waals surface area contributed by atoms with Crippen molar-refractivity contribution in [2.75, 3.05) is 6.61 Å². The minimum Gasteiger partial charge on any atom is -0.491 e. The fourth-order valence-electron chi connectivity index (χ4n) is 1.73. The first-order valence-electron chi connectivity index (χ1n) is 6.08. The van der Waals surface area contributed by atoms with Crippen molar-refractivity contribution in [3.05, 3.63) is 48.5 Å². The zero-order valence-electron chi connectivity index (χ0n) is 10.5. The minimum atomic E-state index is -0.470. The molecule has 4 nitrogen and oxygen atoms in total. The molecule has 0 amide bonds. The van der Waals surface area contributed by atoms with E-state index in [9.17, 15) is 5.11 Å². The molecule has 0 aliphatic rings. The lowest BCUT2D eigenvalue weighted by Gasteiger charge is -2.12. The van der Waals surface area contributed by atoms with E-state index in [1.165, 1.54) is 0 Å². The largest absolute Gasteiger partial charge is 0.491 e. The molecule has 1 N–H and O–H groups in total. The van der Waals surface area contributed by atoms with E-state index in [-0.39, 0.29) is 0 Å². The van der Waals surface area contributed by atoms with Gasteiger partial charge in [0.1, 0.15) is 18.2 Å². The number of benzene rings is 1. The number of hydrogen-bond donors (Lipinski definition) is 1. The Balaban J connectivity index is 1.73. The highest BCUT2D eigenvalue weighted by Gasteiger charge is 2.07. The van der Waals surface area contributed by atoms with Gasteiger partial charge in [0.2, 0.25) is 0 Å². The van der Waals surface area contributed by atoms with Gasteiger partial charge in [-0.2, -0.15) is 0 Å². The number of aryl methyl sites for hydroxylation is 2. The third-order valence-corrected chi connectivity index (χ3v) is 2.81. The molecule has 2 rings (SSSR count). The second-order valence-electron chi connectivity index (χ2n) is 4.27. The molecule has 1 aromatic heterocycles. The first kappa shape index (κ1) is 12.6. The van der Waals surface area contributed by atoms with E-state index in [0.717, 1.165) is 18.0 Å². The number of aromatic nitrogens is 2.